The molecule has 4 rings (SSSR count). The summed E-state index contributed by atoms with van der Waals surface area (Å²) in [5, 5.41) is 9.57. The van der Waals surface area contributed by atoms with E-state index in [9.17, 15) is 19.5 Å². The molecule has 158 valence electrons. The smallest absolute Gasteiger partial charge is 0.249 e. The van der Waals surface area contributed by atoms with Crippen molar-refractivity contribution in [2.75, 3.05) is 39.8 Å². The number of aliphatic hydroxyl groups is 1. The molecule has 1 spiro atoms. The van der Waals surface area contributed by atoms with Crippen LogP contribution in [0.3, 0.4) is 0 Å². The third-order valence-electron chi connectivity index (χ3n) is 6.57. The number of likely N-dealkylation sites (tertiary alicyclic amines) is 1. The van der Waals surface area contributed by atoms with Crippen LogP contribution in [0, 0.1) is 11.8 Å². The zero-order chi connectivity index (χ0) is 20.8. The lowest BCUT2D eigenvalue weighted by molar-refractivity contribution is -0.148. The zero-order valence-electron chi connectivity index (χ0n) is 17.0. The van der Waals surface area contributed by atoms with Gasteiger partial charge in [-0.3, -0.25) is 14.4 Å². The molecule has 8 nitrogen and oxygen atoms in total. The summed E-state index contributed by atoms with van der Waals surface area (Å²) in [6.45, 7) is 3.38. The molecular weight excluding hydrogens is 374 g/mol. The van der Waals surface area contributed by atoms with Crippen LogP contribution in [-0.2, 0) is 19.1 Å². The lowest BCUT2D eigenvalue weighted by atomic mass is 9.77. The monoisotopic (exact) mass is 403 g/mol. The highest BCUT2D eigenvalue weighted by molar-refractivity contribution is 5.99. The lowest BCUT2D eigenvalue weighted by Crippen LogP contribution is -2.55. The minimum atomic E-state index is -1.18. The highest BCUT2D eigenvalue weighted by Gasteiger charge is 2.71. The second-order valence-corrected chi connectivity index (χ2v) is 8.28. The summed E-state index contributed by atoms with van der Waals surface area (Å²) >= 11 is 0. The van der Waals surface area contributed by atoms with E-state index in [1.165, 1.54) is 4.90 Å². The summed E-state index contributed by atoms with van der Waals surface area (Å²) in [5.41, 5.74) is -1.18. The maximum absolute atomic E-state index is 13.5. The number of carbonyl (C=O) groups is 3. The Bertz CT molecular complexity index is 765. The molecule has 4 aliphatic rings. The fourth-order valence-corrected chi connectivity index (χ4v) is 5.21. The van der Waals surface area contributed by atoms with Gasteiger partial charge >= 0.3 is 0 Å². The quantitative estimate of drug-likeness (QED) is 0.642. The Labute approximate surface area is 170 Å². The van der Waals surface area contributed by atoms with Gasteiger partial charge in [-0.25, -0.2) is 0 Å². The van der Waals surface area contributed by atoms with Crippen LogP contribution in [0.5, 0.6) is 0 Å². The van der Waals surface area contributed by atoms with Crippen LogP contribution in [0.2, 0.25) is 0 Å². The Morgan fingerprint density at radius 2 is 1.93 bits per heavy atom. The van der Waals surface area contributed by atoms with Crippen LogP contribution >= 0.6 is 0 Å². The molecule has 0 saturated carbocycles. The van der Waals surface area contributed by atoms with Gasteiger partial charge in [-0.1, -0.05) is 37.6 Å². The molecule has 4 heterocycles. The number of likely N-dealkylation sites (N-methyl/N-ethyl adjacent to an activating group) is 1. The summed E-state index contributed by atoms with van der Waals surface area (Å²) in [7, 11) is 1.71. The van der Waals surface area contributed by atoms with Crippen molar-refractivity contribution in [3.8, 4) is 0 Å². The number of hydrogen-bond donors (Lipinski definition) is 1. The molecule has 29 heavy (non-hydrogen) atoms. The van der Waals surface area contributed by atoms with E-state index in [1.807, 2.05) is 24.3 Å². The molecule has 1 N–H and O–H groups in total. The third-order valence-corrected chi connectivity index (χ3v) is 6.57. The van der Waals surface area contributed by atoms with Crippen molar-refractivity contribution < 1.29 is 24.2 Å². The number of aliphatic hydroxyl groups excluding tert-OH is 1. The maximum atomic E-state index is 13.5. The first-order valence-electron chi connectivity index (χ1n) is 10.4. The topological polar surface area (TPSA) is 90.4 Å². The average Bonchev–Trinajstić information content (AvgIpc) is 3.02. The van der Waals surface area contributed by atoms with Gasteiger partial charge in [-0.05, 0) is 6.42 Å². The Morgan fingerprint density at radius 3 is 2.66 bits per heavy atom. The fourth-order valence-electron chi connectivity index (χ4n) is 5.21. The van der Waals surface area contributed by atoms with Gasteiger partial charge in [0, 0.05) is 33.2 Å². The molecule has 0 aromatic carbocycles. The van der Waals surface area contributed by atoms with Gasteiger partial charge in [0.15, 0.2) is 0 Å². The van der Waals surface area contributed by atoms with Crippen molar-refractivity contribution in [3.63, 3.8) is 0 Å². The molecule has 8 heteroatoms. The Kier molecular flexibility index (Phi) is 5.25. The number of unbranched alkanes of at least 4 members (excludes halogenated alkanes) is 1. The second-order valence-electron chi connectivity index (χ2n) is 8.28. The summed E-state index contributed by atoms with van der Waals surface area (Å²) in [5.74, 6) is -2.05. The van der Waals surface area contributed by atoms with E-state index in [4.69, 9.17) is 4.74 Å². The largest absolute Gasteiger partial charge is 0.395 e. The minimum Gasteiger partial charge on any atom is -0.395 e. The number of fused-ring (bicyclic) bond motifs is 2. The summed E-state index contributed by atoms with van der Waals surface area (Å²) < 4.78 is 6.42. The van der Waals surface area contributed by atoms with E-state index in [2.05, 4.69) is 6.92 Å². The molecule has 0 aromatic heterocycles. The maximum Gasteiger partial charge on any atom is 0.249 e. The van der Waals surface area contributed by atoms with Crippen molar-refractivity contribution in [3.05, 3.63) is 24.3 Å². The number of ether oxygens (including phenoxy) is 1. The van der Waals surface area contributed by atoms with E-state index in [0.717, 1.165) is 12.8 Å². The van der Waals surface area contributed by atoms with Crippen molar-refractivity contribution in [2.45, 2.75) is 37.5 Å². The van der Waals surface area contributed by atoms with E-state index in [1.54, 1.807) is 16.8 Å². The molecule has 4 aliphatic heterocycles. The van der Waals surface area contributed by atoms with Crippen LogP contribution in [0.1, 0.15) is 19.8 Å². The summed E-state index contributed by atoms with van der Waals surface area (Å²) in [4.78, 5) is 44.9. The normalized spacial score (nSPS) is 36.2. The van der Waals surface area contributed by atoms with Crippen LogP contribution in [0.4, 0.5) is 0 Å². The van der Waals surface area contributed by atoms with Crippen molar-refractivity contribution in [1.82, 2.24) is 14.7 Å². The van der Waals surface area contributed by atoms with Crippen LogP contribution in [-0.4, -0.2) is 95.1 Å². The van der Waals surface area contributed by atoms with Crippen molar-refractivity contribution in [2.24, 2.45) is 11.8 Å². The van der Waals surface area contributed by atoms with E-state index >= 15 is 0 Å². The molecule has 0 bridgehead atoms. The Hall–Kier alpha value is -2.19. The minimum absolute atomic E-state index is 0.0452. The highest BCUT2D eigenvalue weighted by Crippen LogP contribution is 2.53. The number of rotatable bonds is 5. The molecule has 0 aromatic rings. The van der Waals surface area contributed by atoms with E-state index in [-0.39, 0.29) is 30.9 Å². The second kappa shape index (κ2) is 7.57. The zero-order valence-corrected chi connectivity index (χ0v) is 17.0. The molecule has 1 unspecified atom stereocenters. The summed E-state index contributed by atoms with van der Waals surface area (Å²) in [6, 6.07) is -0.860. The average molecular weight is 403 g/mol. The number of amides is 3. The van der Waals surface area contributed by atoms with Gasteiger partial charge in [-0.15, -0.1) is 0 Å². The van der Waals surface area contributed by atoms with Crippen LogP contribution in [0.15, 0.2) is 24.3 Å². The SMILES string of the molecule is CCCCN1CC=C[C@]23O[C@@H]4C=CCN(C)C(=O)[C@@H]4[C@H]2C(=O)N(CCO)C3C1=O. The van der Waals surface area contributed by atoms with Crippen LogP contribution in [0.25, 0.3) is 0 Å². The lowest BCUT2D eigenvalue weighted by Gasteiger charge is -2.35. The number of hydrogen-bond acceptors (Lipinski definition) is 5. The molecule has 5 atom stereocenters. The standard InChI is InChI=1S/C21H29N3O5/c1-3-4-10-23-11-6-8-21-16(19(27)24(12-13-25)17(21)20(23)28)15-14(29-21)7-5-9-22(2)18(15)26/h5-8,14-17,25H,3-4,9-13H2,1-2H3/t14-,15+,16+,17?,21+/m1/s1. The molecule has 0 radical (unpaired) electrons. The van der Waals surface area contributed by atoms with Crippen molar-refractivity contribution in [1.29, 1.82) is 0 Å². The molecular formula is C21H29N3O5. The van der Waals surface area contributed by atoms with E-state index in [0.29, 0.717) is 19.6 Å². The third kappa shape index (κ3) is 2.92. The van der Waals surface area contributed by atoms with Gasteiger partial charge < -0.3 is 24.5 Å². The predicted octanol–water partition coefficient (Wildman–Crippen LogP) is -0.214. The molecule has 2 saturated heterocycles. The van der Waals surface area contributed by atoms with Gasteiger partial charge in [0.1, 0.15) is 11.6 Å². The van der Waals surface area contributed by atoms with Crippen molar-refractivity contribution >= 4 is 17.7 Å². The number of nitrogens with zero attached hydrogens (tertiary/aromatic N) is 3. The Morgan fingerprint density at radius 1 is 1.14 bits per heavy atom. The van der Waals surface area contributed by atoms with Gasteiger partial charge in [0.25, 0.3) is 0 Å². The van der Waals surface area contributed by atoms with Crippen LogP contribution < -0.4 is 0 Å². The summed E-state index contributed by atoms with van der Waals surface area (Å²) in [6.07, 6.45) is 8.72. The fraction of sp³-hybridized carbons (Fsp3) is 0.667. The van der Waals surface area contributed by atoms with Gasteiger partial charge in [-0.2, -0.15) is 0 Å². The number of β-amino-alcohol motifs (C(OH)–C–C–N with tert-alkyl or cyclic N) is 1. The first-order chi connectivity index (χ1) is 14.0. The molecule has 0 aliphatic carbocycles. The number of carbonyl (C=O) groups excluding carboxylic acids is 3. The predicted molar refractivity (Wildman–Crippen MR) is 105 cm³/mol. The first-order valence-corrected chi connectivity index (χ1v) is 10.4. The molecule has 3 amide bonds. The highest BCUT2D eigenvalue weighted by atomic mass is 16.5. The Balaban J connectivity index is 1.79. The first kappa shape index (κ1) is 20.1. The molecule has 2 fully saturated rings. The van der Waals surface area contributed by atoms with Gasteiger partial charge in [0.2, 0.25) is 17.7 Å². The van der Waals surface area contributed by atoms with E-state index < -0.39 is 29.6 Å². The van der Waals surface area contributed by atoms with Gasteiger partial charge in [0.05, 0.1) is 24.5 Å².